The number of ether oxygens (including phenoxy) is 1. The lowest BCUT2D eigenvalue weighted by Crippen LogP contribution is -2.41. The van der Waals surface area contributed by atoms with Gasteiger partial charge in [-0.1, -0.05) is 18.2 Å². The van der Waals surface area contributed by atoms with E-state index in [0.29, 0.717) is 49.4 Å². The minimum absolute atomic E-state index is 0.0543. The highest BCUT2D eigenvalue weighted by molar-refractivity contribution is 5.97. The van der Waals surface area contributed by atoms with Crippen molar-refractivity contribution in [1.82, 2.24) is 9.88 Å². The molecule has 0 spiro atoms. The third-order valence-corrected chi connectivity index (χ3v) is 5.90. The Labute approximate surface area is 199 Å². The summed E-state index contributed by atoms with van der Waals surface area (Å²) in [5, 5.41) is 12.4. The molecule has 2 heterocycles. The first-order valence-corrected chi connectivity index (χ1v) is 11.4. The summed E-state index contributed by atoms with van der Waals surface area (Å²) >= 11 is 0. The number of nitriles is 1. The fourth-order valence-corrected chi connectivity index (χ4v) is 4.10. The fraction of sp³-hybridized carbons (Fsp3) is 0.259. The maximum atomic E-state index is 13.1. The molecule has 2 amide bonds. The minimum atomic E-state index is -0.208. The number of nitrogens with zero attached hydrogens (tertiary/aromatic N) is 3. The van der Waals surface area contributed by atoms with Gasteiger partial charge in [0.2, 0.25) is 5.91 Å². The lowest BCUT2D eigenvalue weighted by molar-refractivity contribution is -0.121. The number of carbonyl (C=O) groups excluding carboxylic acids is 2. The van der Waals surface area contributed by atoms with Crippen LogP contribution in [0.4, 0.5) is 5.69 Å². The molecule has 0 unspecified atom stereocenters. The Morgan fingerprint density at radius 3 is 2.65 bits per heavy atom. The largest absolute Gasteiger partial charge is 0.494 e. The molecule has 0 aliphatic carbocycles. The molecule has 1 fully saturated rings. The van der Waals surface area contributed by atoms with E-state index in [1.807, 2.05) is 49.4 Å². The molecule has 1 N–H and O–H groups in total. The molecular weight excluding hydrogens is 428 g/mol. The summed E-state index contributed by atoms with van der Waals surface area (Å²) in [4.78, 5) is 32.0. The Morgan fingerprint density at radius 1 is 1.12 bits per heavy atom. The van der Waals surface area contributed by atoms with Crippen molar-refractivity contribution in [2.24, 2.45) is 5.92 Å². The van der Waals surface area contributed by atoms with Crippen LogP contribution in [0.5, 0.6) is 5.75 Å². The lowest BCUT2D eigenvalue weighted by atomic mass is 9.94. The van der Waals surface area contributed by atoms with E-state index in [9.17, 15) is 14.9 Å². The van der Waals surface area contributed by atoms with Crippen molar-refractivity contribution in [3.8, 4) is 23.1 Å². The topological polar surface area (TPSA) is 95.3 Å². The van der Waals surface area contributed by atoms with Gasteiger partial charge in [0.25, 0.3) is 5.91 Å². The quantitative estimate of drug-likeness (QED) is 0.591. The maximum absolute atomic E-state index is 13.1. The van der Waals surface area contributed by atoms with E-state index in [-0.39, 0.29) is 17.7 Å². The van der Waals surface area contributed by atoms with Gasteiger partial charge in [0.15, 0.2) is 0 Å². The van der Waals surface area contributed by atoms with E-state index >= 15 is 0 Å². The molecule has 172 valence electrons. The number of benzene rings is 2. The number of amides is 2. The molecule has 1 aliphatic rings. The summed E-state index contributed by atoms with van der Waals surface area (Å²) in [6.07, 6.45) is 2.86. The number of anilines is 1. The van der Waals surface area contributed by atoms with Gasteiger partial charge in [-0.05, 0) is 62.2 Å². The fourth-order valence-electron chi connectivity index (χ4n) is 4.10. The second kappa shape index (κ2) is 10.6. The minimum Gasteiger partial charge on any atom is -0.494 e. The average molecular weight is 455 g/mol. The van der Waals surface area contributed by atoms with Gasteiger partial charge in [-0.3, -0.25) is 14.6 Å². The number of rotatable bonds is 6. The van der Waals surface area contributed by atoms with Gasteiger partial charge in [0, 0.05) is 36.5 Å². The molecule has 0 radical (unpaired) electrons. The Balaban J connectivity index is 1.38. The summed E-state index contributed by atoms with van der Waals surface area (Å²) in [5.74, 6) is 0.112. The van der Waals surface area contributed by atoms with Crippen molar-refractivity contribution in [2.75, 3.05) is 25.0 Å². The van der Waals surface area contributed by atoms with E-state index in [4.69, 9.17) is 4.74 Å². The standard InChI is InChI=1S/C27H26N4O3/c1-2-34-23-10-9-21(18-28)24(17-23)27(33)31-14-11-19(12-15-31)26(32)30-22-7-5-6-20(16-22)25-8-3-4-13-29-25/h3-10,13,16-17,19H,2,11-12,14-15H2,1H3,(H,30,32). The van der Waals surface area contributed by atoms with Gasteiger partial charge in [0.05, 0.1) is 29.5 Å². The van der Waals surface area contributed by atoms with Gasteiger partial charge < -0.3 is 15.0 Å². The molecule has 0 bridgehead atoms. The first-order chi connectivity index (χ1) is 16.6. The zero-order valence-electron chi connectivity index (χ0n) is 19.0. The van der Waals surface area contributed by atoms with Crippen LogP contribution in [0, 0.1) is 17.2 Å². The van der Waals surface area contributed by atoms with Crippen LogP contribution >= 0.6 is 0 Å². The predicted molar refractivity (Wildman–Crippen MR) is 129 cm³/mol. The normalized spacial score (nSPS) is 13.7. The van der Waals surface area contributed by atoms with Crippen LogP contribution < -0.4 is 10.1 Å². The van der Waals surface area contributed by atoms with Crippen molar-refractivity contribution in [3.63, 3.8) is 0 Å². The molecule has 0 atom stereocenters. The van der Waals surface area contributed by atoms with Crippen LogP contribution in [0.2, 0.25) is 0 Å². The number of nitrogens with one attached hydrogen (secondary N) is 1. The van der Waals surface area contributed by atoms with Crippen LogP contribution in [0.1, 0.15) is 35.7 Å². The van der Waals surface area contributed by atoms with Crippen LogP contribution in [-0.2, 0) is 4.79 Å². The zero-order chi connectivity index (χ0) is 23.9. The van der Waals surface area contributed by atoms with Gasteiger partial charge in [0.1, 0.15) is 5.75 Å². The van der Waals surface area contributed by atoms with Gasteiger partial charge in [-0.25, -0.2) is 0 Å². The SMILES string of the molecule is CCOc1ccc(C#N)c(C(=O)N2CCC(C(=O)Nc3cccc(-c4ccccn4)c3)CC2)c1. The van der Waals surface area contributed by atoms with Crippen molar-refractivity contribution in [2.45, 2.75) is 19.8 Å². The number of piperidine rings is 1. The van der Waals surface area contributed by atoms with Crippen molar-refractivity contribution in [1.29, 1.82) is 5.26 Å². The second-order valence-corrected chi connectivity index (χ2v) is 8.10. The Bertz CT molecular complexity index is 1210. The molecule has 2 aromatic carbocycles. The number of pyridine rings is 1. The number of hydrogen-bond donors (Lipinski definition) is 1. The number of hydrogen-bond acceptors (Lipinski definition) is 5. The Kier molecular flexibility index (Phi) is 7.19. The highest BCUT2D eigenvalue weighted by Crippen LogP contribution is 2.25. The summed E-state index contributed by atoms with van der Waals surface area (Å²) in [7, 11) is 0. The molecule has 1 saturated heterocycles. The van der Waals surface area contributed by atoms with E-state index < -0.39 is 0 Å². The number of likely N-dealkylation sites (tertiary alicyclic amines) is 1. The first kappa shape index (κ1) is 23.0. The molecule has 0 saturated carbocycles. The molecule has 1 aliphatic heterocycles. The van der Waals surface area contributed by atoms with E-state index in [1.165, 1.54) is 0 Å². The molecule has 1 aromatic heterocycles. The van der Waals surface area contributed by atoms with Gasteiger partial charge >= 0.3 is 0 Å². The summed E-state index contributed by atoms with van der Waals surface area (Å²) in [6.45, 7) is 3.25. The zero-order valence-corrected chi connectivity index (χ0v) is 19.0. The highest BCUT2D eigenvalue weighted by atomic mass is 16.5. The Hall–Kier alpha value is -4.18. The molecule has 4 rings (SSSR count). The predicted octanol–water partition coefficient (Wildman–Crippen LogP) is 4.51. The smallest absolute Gasteiger partial charge is 0.255 e. The van der Waals surface area contributed by atoms with E-state index in [1.54, 1.807) is 29.3 Å². The number of carbonyl (C=O) groups is 2. The lowest BCUT2D eigenvalue weighted by Gasteiger charge is -2.31. The summed E-state index contributed by atoms with van der Waals surface area (Å²) in [5.41, 5.74) is 3.15. The van der Waals surface area contributed by atoms with Gasteiger partial charge in [-0.15, -0.1) is 0 Å². The van der Waals surface area contributed by atoms with Crippen molar-refractivity contribution in [3.05, 3.63) is 78.0 Å². The second-order valence-electron chi connectivity index (χ2n) is 8.10. The highest BCUT2D eigenvalue weighted by Gasteiger charge is 2.29. The maximum Gasteiger partial charge on any atom is 0.255 e. The van der Waals surface area contributed by atoms with E-state index in [2.05, 4.69) is 16.4 Å². The number of aromatic nitrogens is 1. The van der Waals surface area contributed by atoms with Gasteiger partial charge in [-0.2, -0.15) is 5.26 Å². The van der Waals surface area contributed by atoms with Crippen LogP contribution in [0.3, 0.4) is 0 Å². The van der Waals surface area contributed by atoms with Crippen LogP contribution in [-0.4, -0.2) is 41.4 Å². The van der Waals surface area contributed by atoms with Crippen molar-refractivity contribution < 1.29 is 14.3 Å². The van der Waals surface area contributed by atoms with E-state index in [0.717, 1.165) is 16.9 Å². The van der Waals surface area contributed by atoms with Crippen molar-refractivity contribution >= 4 is 17.5 Å². The van der Waals surface area contributed by atoms with Crippen LogP contribution in [0.25, 0.3) is 11.3 Å². The summed E-state index contributed by atoms with van der Waals surface area (Å²) in [6, 6.07) is 20.3. The summed E-state index contributed by atoms with van der Waals surface area (Å²) < 4.78 is 5.49. The third kappa shape index (κ3) is 5.24. The molecule has 7 heteroatoms. The molecule has 3 aromatic rings. The molecular formula is C27H26N4O3. The molecule has 7 nitrogen and oxygen atoms in total. The first-order valence-electron chi connectivity index (χ1n) is 11.4. The average Bonchev–Trinajstić information content (AvgIpc) is 2.89. The third-order valence-electron chi connectivity index (χ3n) is 5.90. The monoisotopic (exact) mass is 454 g/mol. The Morgan fingerprint density at radius 2 is 1.94 bits per heavy atom. The molecule has 34 heavy (non-hydrogen) atoms. The van der Waals surface area contributed by atoms with Crippen LogP contribution in [0.15, 0.2) is 66.9 Å².